The summed E-state index contributed by atoms with van der Waals surface area (Å²) in [4.78, 5) is 29.7. The fraction of sp³-hybridized carbons (Fsp3) is 0.440. The Balaban J connectivity index is 1.31. The minimum atomic E-state index is -1.06. The number of piperazine rings is 1. The van der Waals surface area contributed by atoms with Gasteiger partial charge in [-0.1, -0.05) is 42.5 Å². The molecule has 35 heavy (non-hydrogen) atoms. The van der Waals surface area contributed by atoms with Crippen molar-refractivity contribution in [2.45, 2.75) is 18.0 Å². The SMILES string of the molecule is COc1ccccc1OC[C@H]1SCCN1[C@@H](C(N)=O)C(=O)NN1CCN(Cc2ccccc2)CC1. The van der Waals surface area contributed by atoms with Gasteiger partial charge in [0.15, 0.2) is 17.5 Å². The zero-order chi connectivity index (χ0) is 24.6. The molecule has 10 heteroatoms. The highest BCUT2D eigenvalue weighted by Gasteiger charge is 2.40. The van der Waals surface area contributed by atoms with Gasteiger partial charge < -0.3 is 15.2 Å². The fourth-order valence-corrected chi connectivity index (χ4v) is 5.56. The summed E-state index contributed by atoms with van der Waals surface area (Å²) in [7, 11) is 1.59. The molecule has 2 fully saturated rings. The number of thioether (sulfide) groups is 1. The third kappa shape index (κ3) is 6.66. The number of hydrogen-bond acceptors (Lipinski definition) is 8. The van der Waals surface area contributed by atoms with Crippen LogP contribution in [0.25, 0.3) is 0 Å². The number of primary amides is 1. The largest absolute Gasteiger partial charge is 0.493 e. The molecule has 2 amide bonds. The number of methoxy groups -OCH3 is 1. The maximum Gasteiger partial charge on any atom is 0.261 e. The molecule has 2 saturated heterocycles. The van der Waals surface area contributed by atoms with Crippen LogP contribution in [0.5, 0.6) is 11.5 Å². The first-order chi connectivity index (χ1) is 17.0. The molecule has 2 aliphatic rings. The van der Waals surface area contributed by atoms with Crippen LogP contribution in [0, 0.1) is 0 Å². The second-order valence-corrected chi connectivity index (χ2v) is 9.84. The summed E-state index contributed by atoms with van der Waals surface area (Å²) in [5, 5.41) is 1.70. The normalized spacial score (nSPS) is 20.3. The van der Waals surface area contributed by atoms with E-state index in [0.29, 0.717) is 37.7 Å². The summed E-state index contributed by atoms with van der Waals surface area (Å²) in [6.07, 6.45) is 0. The van der Waals surface area contributed by atoms with Crippen LogP contribution < -0.4 is 20.6 Å². The zero-order valence-corrected chi connectivity index (χ0v) is 20.8. The number of rotatable bonds is 10. The van der Waals surface area contributed by atoms with Gasteiger partial charge in [-0.15, -0.1) is 11.8 Å². The lowest BCUT2D eigenvalue weighted by atomic mass is 10.2. The summed E-state index contributed by atoms with van der Waals surface area (Å²) < 4.78 is 11.3. The van der Waals surface area contributed by atoms with Crippen LogP contribution in [0.4, 0.5) is 0 Å². The maximum atomic E-state index is 13.2. The molecule has 2 aromatic rings. The lowest BCUT2D eigenvalue weighted by Gasteiger charge is -2.36. The lowest BCUT2D eigenvalue weighted by Crippen LogP contribution is -2.61. The Kier molecular flexibility index (Phi) is 8.86. The first-order valence-corrected chi connectivity index (χ1v) is 12.8. The Morgan fingerprint density at radius 2 is 1.71 bits per heavy atom. The molecule has 4 rings (SSSR count). The highest BCUT2D eigenvalue weighted by Crippen LogP contribution is 2.30. The molecule has 0 bridgehead atoms. The van der Waals surface area contributed by atoms with Crippen molar-refractivity contribution in [2.75, 3.05) is 52.2 Å². The molecule has 0 saturated carbocycles. The second-order valence-electron chi connectivity index (χ2n) is 8.55. The van der Waals surface area contributed by atoms with Crippen molar-refractivity contribution in [1.82, 2.24) is 20.2 Å². The predicted octanol–water partition coefficient (Wildman–Crippen LogP) is 1.15. The molecule has 2 heterocycles. The second kappa shape index (κ2) is 12.3. The molecule has 2 aliphatic heterocycles. The van der Waals surface area contributed by atoms with Gasteiger partial charge >= 0.3 is 0 Å². The van der Waals surface area contributed by atoms with Gasteiger partial charge in [0.05, 0.1) is 12.5 Å². The number of amides is 2. The fourth-order valence-electron chi connectivity index (χ4n) is 4.39. The monoisotopic (exact) mass is 499 g/mol. The average molecular weight is 500 g/mol. The number of benzene rings is 2. The molecular formula is C25H33N5O4S. The number of carbonyl (C=O) groups is 2. The van der Waals surface area contributed by atoms with Crippen LogP contribution in [0.15, 0.2) is 54.6 Å². The molecule has 0 aliphatic carbocycles. The van der Waals surface area contributed by atoms with Crippen molar-refractivity contribution in [3.8, 4) is 11.5 Å². The molecule has 0 aromatic heterocycles. The van der Waals surface area contributed by atoms with Crippen molar-refractivity contribution in [3.63, 3.8) is 0 Å². The van der Waals surface area contributed by atoms with E-state index in [0.717, 1.165) is 25.4 Å². The predicted molar refractivity (Wildman–Crippen MR) is 136 cm³/mol. The van der Waals surface area contributed by atoms with Crippen LogP contribution in [-0.4, -0.2) is 90.2 Å². The van der Waals surface area contributed by atoms with Crippen LogP contribution in [0.1, 0.15) is 5.56 Å². The zero-order valence-electron chi connectivity index (χ0n) is 20.0. The molecule has 9 nitrogen and oxygen atoms in total. The Labute approximate surface area is 210 Å². The van der Waals surface area contributed by atoms with Gasteiger partial charge in [-0.3, -0.25) is 24.8 Å². The number of hydrazine groups is 1. The number of para-hydroxylation sites is 2. The van der Waals surface area contributed by atoms with Crippen LogP contribution in [-0.2, 0) is 16.1 Å². The standard InChI is InChI=1S/C25H33N5O4S/c1-33-20-9-5-6-10-21(20)34-18-22-30(15-16-35-22)23(24(26)31)25(32)27-29-13-11-28(12-14-29)17-19-7-3-2-4-8-19/h2-10,22-23H,11-18H2,1H3,(H2,26,31)(H,27,32)/t22-,23+/m1/s1. The number of hydrogen-bond donors (Lipinski definition) is 2. The summed E-state index contributed by atoms with van der Waals surface area (Å²) in [5.41, 5.74) is 9.91. The van der Waals surface area contributed by atoms with Gasteiger partial charge in [0.1, 0.15) is 6.61 Å². The topological polar surface area (TPSA) is 100 Å². The van der Waals surface area contributed by atoms with E-state index in [9.17, 15) is 9.59 Å². The van der Waals surface area contributed by atoms with E-state index >= 15 is 0 Å². The molecule has 0 unspecified atom stereocenters. The molecular weight excluding hydrogens is 466 g/mol. The van der Waals surface area contributed by atoms with Crippen molar-refractivity contribution < 1.29 is 19.1 Å². The smallest absolute Gasteiger partial charge is 0.261 e. The first kappa shape index (κ1) is 25.3. The lowest BCUT2D eigenvalue weighted by molar-refractivity contribution is -0.139. The van der Waals surface area contributed by atoms with E-state index in [1.807, 2.05) is 52.4 Å². The van der Waals surface area contributed by atoms with E-state index in [1.54, 1.807) is 18.9 Å². The van der Waals surface area contributed by atoms with E-state index < -0.39 is 11.9 Å². The number of ether oxygens (including phenoxy) is 2. The van der Waals surface area contributed by atoms with Crippen molar-refractivity contribution in [2.24, 2.45) is 5.73 Å². The van der Waals surface area contributed by atoms with Crippen LogP contribution in [0.3, 0.4) is 0 Å². The summed E-state index contributed by atoms with van der Waals surface area (Å²) in [5.74, 6) is 0.997. The van der Waals surface area contributed by atoms with Crippen molar-refractivity contribution in [3.05, 3.63) is 60.2 Å². The van der Waals surface area contributed by atoms with E-state index in [-0.39, 0.29) is 11.3 Å². The number of carbonyl (C=O) groups excluding carboxylic acids is 2. The minimum Gasteiger partial charge on any atom is -0.493 e. The van der Waals surface area contributed by atoms with Crippen molar-refractivity contribution >= 4 is 23.6 Å². The van der Waals surface area contributed by atoms with E-state index in [2.05, 4.69) is 22.5 Å². The first-order valence-electron chi connectivity index (χ1n) is 11.8. The Morgan fingerprint density at radius 3 is 2.40 bits per heavy atom. The highest BCUT2D eigenvalue weighted by molar-refractivity contribution is 8.00. The van der Waals surface area contributed by atoms with Gasteiger partial charge in [-0.2, -0.15) is 0 Å². The summed E-state index contributed by atoms with van der Waals surface area (Å²) >= 11 is 1.65. The van der Waals surface area contributed by atoms with Gasteiger partial charge in [0, 0.05) is 45.0 Å². The Morgan fingerprint density at radius 1 is 1.03 bits per heavy atom. The van der Waals surface area contributed by atoms with Crippen LogP contribution >= 0.6 is 11.8 Å². The summed E-state index contributed by atoms with van der Waals surface area (Å²) in [6.45, 7) is 4.77. The quantitative estimate of drug-likeness (QED) is 0.470. The molecule has 0 spiro atoms. The number of nitrogens with zero attached hydrogens (tertiary/aromatic N) is 3. The van der Waals surface area contributed by atoms with Crippen LogP contribution in [0.2, 0.25) is 0 Å². The molecule has 3 N–H and O–H groups in total. The maximum absolute atomic E-state index is 13.2. The number of nitrogens with one attached hydrogen (secondary N) is 1. The number of nitrogens with two attached hydrogens (primary N) is 1. The van der Waals surface area contributed by atoms with E-state index in [1.165, 1.54) is 5.56 Å². The van der Waals surface area contributed by atoms with Gasteiger partial charge in [-0.25, -0.2) is 5.01 Å². The molecule has 0 radical (unpaired) electrons. The summed E-state index contributed by atoms with van der Waals surface area (Å²) in [6, 6.07) is 16.7. The van der Waals surface area contributed by atoms with E-state index in [4.69, 9.17) is 15.2 Å². The molecule has 188 valence electrons. The molecule has 2 aromatic carbocycles. The average Bonchev–Trinajstić information content (AvgIpc) is 3.32. The Bertz CT molecular complexity index is 987. The molecule has 2 atom stereocenters. The van der Waals surface area contributed by atoms with Gasteiger partial charge in [0.25, 0.3) is 5.91 Å². The third-order valence-corrected chi connectivity index (χ3v) is 7.43. The van der Waals surface area contributed by atoms with Crippen molar-refractivity contribution in [1.29, 1.82) is 0 Å². The Hall–Kier alpha value is -2.79. The third-order valence-electron chi connectivity index (χ3n) is 6.22. The highest BCUT2D eigenvalue weighted by atomic mass is 32.2. The van der Waals surface area contributed by atoms with Gasteiger partial charge in [0.2, 0.25) is 5.91 Å². The minimum absolute atomic E-state index is 0.175. The van der Waals surface area contributed by atoms with Gasteiger partial charge in [-0.05, 0) is 17.7 Å².